The first kappa shape index (κ1) is 21.8. The van der Waals surface area contributed by atoms with Crippen molar-refractivity contribution in [3.63, 3.8) is 0 Å². The van der Waals surface area contributed by atoms with Gasteiger partial charge in [0.2, 0.25) is 0 Å². The van der Waals surface area contributed by atoms with Crippen molar-refractivity contribution in [3.8, 4) is 0 Å². The predicted octanol–water partition coefficient (Wildman–Crippen LogP) is 4.52. The number of anilines is 1. The number of nitrogens with one attached hydrogen (secondary N) is 1. The molecule has 0 aromatic heterocycles. The summed E-state index contributed by atoms with van der Waals surface area (Å²) in [6, 6.07) is 15.7. The van der Waals surface area contributed by atoms with Crippen LogP contribution in [-0.2, 0) is 19.7 Å². The van der Waals surface area contributed by atoms with E-state index in [1.165, 1.54) is 10.5 Å². The number of imide groups is 1. The van der Waals surface area contributed by atoms with Gasteiger partial charge in [-0.05, 0) is 42.0 Å². The summed E-state index contributed by atoms with van der Waals surface area (Å²) < 4.78 is 5.08. The van der Waals surface area contributed by atoms with E-state index in [9.17, 15) is 9.59 Å². The Hall–Kier alpha value is -2.92. The third-order valence-electron chi connectivity index (χ3n) is 5.26. The molecule has 158 valence electrons. The molecule has 0 radical (unpaired) electrons. The Balaban J connectivity index is 1.95. The number of aryl methyl sites for hydroxylation is 1. The molecule has 0 fully saturated rings. The minimum Gasteiger partial charge on any atom is -0.385 e. The Bertz CT molecular complexity index is 951. The van der Waals surface area contributed by atoms with Gasteiger partial charge in [0.25, 0.3) is 11.8 Å². The summed E-state index contributed by atoms with van der Waals surface area (Å²) in [5, 5.41) is 3.22. The van der Waals surface area contributed by atoms with Crippen LogP contribution >= 0.6 is 0 Å². The van der Waals surface area contributed by atoms with E-state index in [1.807, 2.05) is 55.5 Å². The second-order valence-electron chi connectivity index (χ2n) is 8.68. The number of benzene rings is 2. The van der Waals surface area contributed by atoms with E-state index in [-0.39, 0.29) is 17.2 Å². The molecule has 2 aromatic rings. The number of rotatable bonds is 7. The van der Waals surface area contributed by atoms with Crippen LogP contribution in [-0.4, -0.2) is 37.0 Å². The third-order valence-corrected chi connectivity index (χ3v) is 5.26. The first-order valence-corrected chi connectivity index (χ1v) is 10.3. The van der Waals surface area contributed by atoms with Crippen LogP contribution in [0.2, 0.25) is 0 Å². The van der Waals surface area contributed by atoms with Gasteiger partial charge in [-0.1, -0.05) is 62.7 Å². The van der Waals surface area contributed by atoms with E-state index in [4.69, 9.17) is 4.74 Å². The zero-order valence-corrected chi connectivity index (χ0v) is 18.4. The van der Waals surface area contributed by atoms with E-state index in [0.29, 0.717) is 30.8 Å². The number of nitrogens with zero attached hydrogens (tertiary/aromatic N) is 1. The number of amides is 2. The largest absolute Gasteiger partial charge is 0.385 e. The molecular formula is C25H30N2O3. The summed E-state index contributed by atoms with van der Waals surface area (Å²) in [5.74, 6) is -0.569. The van der Waals surface area contributed by atoms with E-state index in [2.05, 4.69) is 26.1 Å². The fourth-order valence-electron chi connectivity index (χ4n) is 3.45. The Morgan fingerprint density at radius 3 is 2.13 bits per heavy atom. The molecule has 1 heterocycles. The van der Waals surface area contributed by atoms with Crippen molar-refractivity contribution in [3.05, 3.63) is 70.9 Å². The number of carbonyl (C=O) groups is 2. The van der Waals surface area contributed by atoms with Gasteiger partial charge in [0, 0.05) is 25.9 Å². The molecule has 0 saturated heterocycles. The van der Waals surface area contributed by atoms with Crippen LogP contribution in [0.4, 0.5) is 5.69 Å². The van der Waals surface area contributed by atoms with Gasteiger partial charge in [-0.2, -0.15) is 0 Å². The van der Waals surface area contributed by atoms with Gasteiger partial charge >= 0.3 is 0 Å². The van der Waals surface area contributed by atoms with Crippen molar-refractivity contribution in [1.29, 1.82) is 0 Å². The lowest BCUT2D eigenvalue weighted by molar-refractivity contribution is -0.136. The lowest BCUT2D eigenvalue weighted by Crippen LogP contribution is -2.33. The molecule has 1 aliphatic heterocycles. The Morgan fingerprint density at radius 1 is 0.933 bits per heavy atom. The van der Waals surface area contributed by atoms with Gasteiger partial charge < -0.3 is 10.1 Å². The van der Waals surface area contributed by atoms with Crippen molar-refractivity contribution >= 4 is 23.1 Å². The molecule has 2 aromatic carbocycles. The average Bonchev–Trinajstić information content (AvgIpc) is 2.93. The molecule has 0 unspecified atom stereocenters. The smallest absolute Gasteiger partial charge is 0.278 e. The van der Waals surface area contributed by atoms with Gasteiger partial charge in [-0.3, -0.25) is 14.5 Å². The summed E-state index contributed by atoms with van der Waals surface area (Å²) in [6.07, 6.45) is 0.600. The van der Waals surface area contributed by atoms with Crippen LogP contribution in [0.1, 0.15) is 43.9 Å². The highest BCUT2D eigenvalue weighted by atomic mass is 16.5. The van der Waals surface area contributed by atoms with E-state index < -0.39 is 0 Å². The second-order valence-corrected chi connectivity index (χ2v) is 8.68. The van der Waals surface area contributed by atoms with Crippen molar-refractivity contribution in [2.45, 2.75) is 39.5 Å². The van der Waals surface area contributed by atoms with E-state index in [0.717, 1.165) is 16.8 Å². The zero-order chi connectivity index (χ0) is 21.9. The second kappa shape index (κ2) is 8.84. The van der Waals surface area contributed by atoms with Crippen LogP contribution < -0.4 is 5.32 Å². The van der Waals surface area contributed by atoms with Crippen molar-refractivity contribution in [2.75, 3.05) is 25.6 Å². The van der Waals surface area contributed by atoms with Crippen LogP contribution in [0.5, 0.6) is 0 Å². The topological polar surface area (TPSA) is 58.6 Å². The van der Waals surface area contributed by atoms with Crippen molar-refractivity contribution in [2.24, 2.45) is 0 Å². The first-order chi connectivity index (χ1) is 14.2. The highest BCUT2D eigenvalue weighted by Gasteiger charge is 2.38. The molecule has 0 bridgehead atoms. The average molecular weight is 407 g/mol. The van der Waals surface area contributed by atoms with E-state index in [1.54, 1.807) is 7.11 Å². The van der Waals surface area contributed by atoms with Crippen molar-refractivity contribution in [1.82, 2.24) is 4.90 Å². The van der Waals surface area contributed by atoms with Crippen LogP contribution in [0, 0.1) is 6.92 Å². The summed E-state index contributed by atoms with van der Waals surface area (Å²) in [6.45, 7) is 9.29. The fourth-order valence-corrected chi connectivity index (χ4v) is 3.45. The van der Waals surface area contributed by atoms with Crippen LogP contribution in [0.25, 0.3) is 5.57 Å². The Labute approximate surface area is 178 Å². The quantitative estimate of drug-likeness (QED) is 0.542. The maximum Gasteiger partial charge on any atom is 0.278 e. The minimum atomic E-state index is -0.299. The van der Waals surface area contributed by atoms with Crippen molar-refractivity contribution < 1.29 is 14.3 Å². The maximum absolute atomic E-state index is 13.1. The number of hydrogen-bond donors (Lipinski definition) is 1. The Morgan fingerprint density at radius 2 is 1.57 bits per heavy atom. The monoisotopic (exact) mass is 406 g/mol. The fraction of sp³-hybridized carbons (Fsp3) is 0.360. The van der Waals surface area contributed by atoms with Crippen LogP contribution in [0.15, 0.2) is 54.2 Å². The van der Waals surface area contributed by atoms with E-state index >= 15 is 0 Å². The molecule has 1 aliphatic rings. The molecule has 2 amide bonds. The standard InChI is InChI=1S/C25H30N2O3/c1-17-7-9-18(10-8-17)21-22(24(29)27(23(21)28)15-6-16-30-5)26-20-13-11-19(12-14-20)25(2,3)4/h7-14,26H,6,15-16H2,1-5H3. The highest BCUT2D eigenvalue weighted by molar-refractivity contribution is 6.36. The first-order valence-electron chi connectivity index (χ1n) is 10.3. The van der Waals surface area contributed by atoms with Gasteiger partial charge in [-0.15, -0.1) is 0 Å². The molecule has 0 saturated carbocycles. The van der Waals surface area contributed by atoms with Gasteiger partial charge in [0.15, 0.2) is 0 Å². The summed E-state index contributed by atoms with van der Waals surface area (Å²) in [7, 11) is 1.61. The van der Waals surface area contributed by atoms with Crippen LogP contribution in [0.3, 0.4) is 0 Å². The highest BCUT2D eigenvalue weighted by Crippen LogP contribution is 2.31. The SMILES string of the molecule is COCCCN1C(=O)C(Nc2ccc(C(C)(C)C)cc2)=C(c2ccc(C)cc2)C1=O. The number of methoxy groups -OCH3 is 1. The minimum absolute atomic E-state index is 0.0438. The Kier molecular flexibility index (Phi) is 6.42. The lowest BCUT2D eigenvalue weighted by atomic mass is 9.87. The molecule has 0 aliphatic carbocycles. The van der Waals surface area contributed by atoms with Gasteiger partial charge in [0.05, 0.1) is 5.57 Å². The zero-order valence-electron chi connectivity index (χ0n) is 18.4. The molecule has 30 heavy (non-hydrogen) atoms. The molecule has 0 atom stereocenters. The third kappa shape index (κ3) is 4.62. The number of ether oxygens (including phenoxy) is 1. The molecule has 0 spiro atoms. The summed E-state index contributed by atoms with van der Waals surface area (Å²) in [4.78, 5) is 27.6. The molecule has 5 heteroatoms. The molecule has 3 rings (SSSR count). The molecular weight excluding hydrogens is 376 g/mol. The molecule has 5 nitrogen and oxygen atoms in total. The summed E-state index contributed by atoms with van der Waals surface area (Å²) >= 11 is 0. The lowest BCUT2D eigenvalue weighted by Gasteiger charge is -2.19. The summed E-state index contributed by atoms with van der Waals surface area (Å²) in [5.41, 5.74) is 4.60. The number of carbonyl (C=O) groups excluding carboxylic acids is 2. The predicted molar refractivity (Wildman–Crippen MR) is 120 cm³/mol. The number of hydrogen-bond acceptors (Lipinski definition) is 4. The maximum atomic E-state index is 13.1. The normalized spacial score (nSPS) is 14.6. The molecule has 1 N–H and O–H groups in total. The van der Waals surface area contributed by atoms with Gasteiger partial charge in [-0.25, -0.2) is 0 Å². The van der Waals surface area contributed by atoms with Gasteiger partial charge in [0.1, 0.15) is 5.70 Å².